The molecule has 8 heteroatoms. The molecule has 0 aliphatic rings. The van der Waals surface area contributed by atoms with E-state index >= 15 is 0 Å². The largest absolute Gasteiger partial charge is 0.495 e. The summed E-state index contributed by atoms with van der Waals surface area (Å²) in [6, 6.07) is 8.39. The van der Waals surface area contributed by atoms with E-state index in [0.717, 1.165) is 11.3 Å². The van der Waals surface area contributed by atoms with Crippen LogP contribution in [-0.2, 0) is 27.8 Å². The van der Waals surface area contributed by atoms with E-state index in [2.05, 4.69) is 17.0 Å². The number of rotatable bonds is 7. The van der Waals surface area contributed by atoms with Crippen molar-refractivity contribution >= 4 is 33.0 Å². The SMILES string of the molecule is CCc1ccc(CNS(=O)(=O)c2cc(NC(C)=O)ccc2OC)s1. The van der Waals surface area contributed by atoms with Crippen LogP contribution in [0.1, 0.15) is 23.6 Å². The Morgan fingerprint density at radius 1 is 1.21 bits per heavy atom. The molecule has 0 spiro atoms. The minimum Gasteiger partial charge on any atom is -0.495 e. The molecule has 130 valence electrons. The maximum atomic E-state index is 12.6. The molecule has 0 saturated heterocycles. The smallest absolute Gasteiger partial charge is 0.244 e. The molecular weight excluding hydrogens is 348 g/mol. The summed E-state index contributed by atoms with van der Waals surface area (Å²) >= 11 is 1.58. The Morgan fingerprint density at radius 3 is 2.50 bits per heavy atom. The molecule has 1 aromatic heterocycles. The van der Waals surface area contributed by atoms with E-state index in [1.807, 2.05) is 12.1 Å². The van der Waals surface area contributed by atoms with Crippen LogP contribution in [0.5, 0.6) is 5.75 Å². The third kappa shape index (κ3) is 4.56. The molecule has 0 radical (unpaired) electrons. The number of carbonyl (C=O) groups excluding carboxylic acids is 1. The highest BCUT2D eigenvalue weighted by atomic mass is 32.2. The van der Waals surface area contributed by atoms with E-state index in [4.69, 9.17) is 4.74 Å². The van der Waals surface area contributed by atoms with Crippen LogP contribution in [0.4, 0.5) is 5.69 Å². The first-order valence-electron chi connectivity index (χ1n) is 7.38. The van der Waals surface area contributed by atoms with E-state index in [1.54, 1.807) is 17.4 Å². The lowest BCUT2D eigenvalue weighted by molar-refractivity contribution is -0.114. The van der Waals surface area contributed by atoms with Crippen LogP contribution >= 0.6 is 11.3 Å². The van der Waals surface area contributed by atoms with Crippen LogP contribution in [0.15, 0.2) is 35.2 Å². The minimum atomic E-state index is -3.78. The fraction of sp³-hybridized carbons (Fsp3) is 0.312. The van der Waals surface area contributed by atoms with E-state index in [9.17, 15) is 13.2 Å². The third-order valence-electron chi connectivity index (χ3n) is 3.28. The van der Waals surface area contributed by atoms with Crippen LogP contribution < -0.4 is 14.8 Å². The van der Waals surface area contributed by atoms with Crippen molar-refractivity contribution in [3.05, 3.63) is 40.1 Å². The number of hydrogen-bond donors (Lipinski definition) is 2. The van der Waals surface area contributed by atoms with Crippen molar-refractivity contribution in [1.29, 1.82) is 0 Å². The van der Waals surface area contributed by atoms with Crippen molar-refractivity contribution in [3.63, 3.8) is 0 Å². The number of sulfonamides is 1. The van der Waals surface area contributed by atoms with Gasteiger partial charge in [0.05, 0.1) is 7.11 Å². The molecule has 0 aliphatic heterocycles. The molecule has 0 unspecified atom stereocenters. The van der Waals surface area contributed by atoms with Gasteiger partial charge in [-0.25, -0.2) is 13.1 Å². The Labute approximate surface area is 145 Å². The predicted molar refractivity (Wildman–Crippen MR) is 95.0 cm³/mol. The lowest BCUT2D eigenvalue weighted by Crippen LogP contribution is -2.23. The van der Waals surface area contributed by atoms with Gasteiger partial charge in [-0.3, -0.25) is 4.79 Å². The number of nitrogens with one attached hydrogen (secondary N) is 2. The van der Waals surface area contributed by atoms with Crippen molar-refractivity contribution in [1.82, 2.24) is 4.72 Å². The van der Waals surface area contributed by atoms with Crippen LogP contribution in [-0.4, -0.2) is 21.4 Å². The zero-order valence-electron chi connectivity index (χ0n) is 13.8. The lowest BCUT2D eigenvalue weighted by Gasteiger charge is -2.12. The van der Waals surface area contributed by atoms with E-state index < -0.39 is 10.0 Å². The van der Waals surface area contributed by atoms with Gasteiger partial charge in [-0.1, -0.05) is 6.92 Å². The van der Waals surface area contributed by atoms with Crippen molar-refractivity contribution in [2.45, 2.75) is 31.7 Å². The fourth-order valence-electron chi connectivity index (χ4n) is 2.12. The number of amides is 1. The Balaban J connectivity index is 2.24. The van der Waals surface area contributed by atoms with Crippen molar-refractivity contribution in [3.8, 4) is 5.75 Å². The van der Waals surface area contributed by atoms with E-state index in [0.29, 0.717) is 5.69 Å². The van der Waals surface area contributed by atoms with Gasteiger partial charge in [-0.05, 0) is 36.8 Å². The number of benzene rings is 1. The Kier molecular flexibility index (Phi) is 5.98. The van der Waals surface area contributed by atoms with Gasteiger partial charge in [0.15, 0.2) is 0 Å². The summed E-state index contributed by atoms with van der Waals surface area (Å²) in [5.41, 5.74) is 0.396. The number of carbonyl (C=O) groups is 1. The summed E-state index contributed by atoms with van der Waals surface area (Å²) in [4.78, 5) is 13.3. The molecule has 0 aliphatic carbocycles. The zero-order chi connectivity index (χ0) is 17.7. The van der Waals surface area contributed by atoms with Crippen LogP contribution in [0.25, 0.3) is 0 Å². The molecule has 1 heterocycles. The molecule has 1 amide bonds. The summed E-state index contributed by atoms with van der Waals surface area (Å²) in [5, 5.41) is 2.57. The Morgan fingerprint density at radius 2 is 1.92 bits per heavy atom. The summed E-state index contributed by atoms with van der Waals surface area (Å²) in [6.07, 6.45) is 0.921. The van der Waals surface area contributed by atoms with Crippen LogP contribution in [0.3, 0.4) is 0 Å². The first kappa shape index (κ1) is 18.4. The van der Waals surface area contributed by atoms with Gasteiger partial charge < -0.3 is 10.1 Å². The normalized spacial score (nSPS) is 11.3. The molecule has 2 aromatic rings. The molecule has 0 bridgehead atoms. The molecular formula is C16H20N2O4S2. The molecule has 0 fully saturated rings. The molecule has 24 heavy (non-hydrogen) atoms. The lowest BCUT2D eigenvalue weighted by atomic mass is 10.3. The second-order valence-electron chi connectivity index (χ2n) is 5.09. The summed E-state index contributed by atoms with van der Waals surface area (Å²) in [7, 11) is -2.37. The van der Waals surface area contributed by atoms with Gasteiger partial charge in [0, 0.05) is 28.9 Å². The average molecular weight is 368 g/mol. The maximum absolute atomic E-state index is 12.6. The summed E-state index contributed by atoms with van der Waals surface area (Å²) < 4.78 is 32.9. The minimum absolute atomic E-state index is 0.0106. The number of thiophene rings is 1. The van der Waals surface area contributed by atoms with Crippen LogP contribution in [0, 0.1) is 0 Å². The van der Waals surface area contributed by atoms with Crippen molar-refractivity contribution < 1.29 is 17.9 Å². The molecule has 1 aromatic carbocycles. The highest BCUT2D eigenvalue weighted by Crippen LogP contribution is 2.27. The average Bonchev–Trinajstić information content (AvgIpc) is 3.00. The highest BCUT2D eigenvalue weighted by Gasteiger charge is 2.20. The Bertz CT molecular complexity index is 828. The first-order chi connectivity index (χ1) is 11.4. The quantitative estimate of drug-likeness (QED) is 0.787. The van der Waals surface area contributed by atoms with Gasteiger partial charge in [0.1, 0.15) is 10.6 Å². The fourth-order valence-corrected chi connectivity index (χ4v) is 4.31. The second kappa shape index (κ2) is 7.78. The highest BCUT2D eigenvalue weighted by molar-refractivity contribution is 7.89. The third-order valence-corrected chi connectivity index (χ3v) is 5.93. The molecule has 0 atom stereocenters. The van der Waals surface area contributed by atoms with Gasteiger partial charge in [0.2, 0.25) is 15.9 Å². The van der Waals surface area contributed by atoms with Crippen molar-refractivity contribution in [2.24, 2.45) is 0 Å². The molecule has 6 nitrogen and oxygen atoms in total. The summed E-state index contributed by atoms with van der Waals surface area (Å²) in [6.45, 7) is 3.62. The maximum Gasteiger partial charge on any atom is 0.244 e. The van der Waals surface area contributed by atoms with Gasteiger partial charge in [-0.2, -0.15) is 0 Å². The number of ether oxygens (including phenoxy) is 1. The number of methoxy groups -OCH3 is 1. The predicted octanol–water partition coefficient (Wildman–Crippen LogP) is 2.76. The van der Waals surface area contributed by atoms with Crippen molar-refractivity contribution in [2.75, 3.05) is 12.4 Å². The van der Waals surface area contributed by atoms with E-state index in [-0.39, 0.29) is 23.1 Å². The summed E-state index contributed by atoms with van der Waals surface area (Å²) in [5.74, 6) is -0.0563. The molecule has 0 saturated carbocycles. The number of aryl methyl sites for hydroxylation is 1. The monoisotopic (exact) mass is 368 g/mol. The van der Waals surface area contributed by atoms with E-state index in [1.165, 1.54) is 31.0 Å². The number of hydrogen-bond acceptors (Lipinski definition) is 5. The number of anilines is 1. The zero-order valence-corrected chi connectivity index (χ0v) is 15.4. The molecule has 2 rings (SSSR count). The van der Waals surface area contributed by atoms with Gasteiger partial charge >= 0.3 is 0 Å². The topological polar surface area (TPSA) is 84.5 Å². The second-order valence-corrected chi connectivity index (χ2v) is 8.08. The Hall–Kier alpha value is -1.90. The molecule has 2 N–H and O–H groups in total. The van der Waals surface area contributed by atoms with Crippen LogP contribution in [0.2, 0.25) is 0 Å². The van der Waals surface area contributed by atoms with Gasteiger partial charge in [0.25, 0.3) is 0 Å². The standard InChI is InChI=1S/C16H20N2O4S2/c1-4-13-6-7-14(23-13)10-17-24(20,21)16-9-12(18-11(2)19)5-8-15(16)22-3/h5-9,17H,4,10H2,1-3H3,(H,18,19). The van der Waals surface area contributed by atoms with Gasteiger partial charge in [-0.15, -0.1) is 11.3 Å². The first-order valence-corrected chi connectivity index (χ1v) is 9.68.